The molecule has 0 aliphatic carbocycles. The van der Waals surface area contributed by atoms with Crippen molar-refractivity contribution in [2.45, 2.75) is 31.3 Å². The second kappa shape index (κ2) is 8.57. The van der Waals surface area contributed by atoms with E-state index in [4.69, 9.17) is 16.3 Å². The number of anilines is 1. The van der Waals surface area contributed by atoms with Crippen LogP contribution in [0.15, 0.2) is 83.8 Å². The molecular weight excluding hydrogens is 460 g/mol. The SMILES string of the molecule is CC(C)(C)OC(=O)n1c(-c2ccc(Cl)c(NS(=O)(=O)c3ccccc3)c2)cc2ccccc21. The zero-order chi connectivity index (χ0) is 23.8. The van der Waals surface area contributed by atoms with E-state index in [0.717, 1.165) is 5.39 Å². The number of carbonyl (C=O) groups is 1. The minimum atomic E-state index is -3.84. The molecule has 170 valence electrons. The normalized spacial score (nSPS) is 12.0. The van der Waals surface area contributed by atoms with E-state index in [2.05, 4.69) is 4.72 Å². The molecule has 33 heavy (non-hydrogen) atoms. The molecule has 1 N–H and O–H groups in total. The number of nitrogens with zero attached hydrogens (tertiary/aromatic N) is 1. The molecule has 0 aliphatic heterocycles. The Bertz CT molecular complexity index is 1440. The molecule has 8 heteroatoms. The molecule has 0 saturated carbocycles. The van der Waals surface area contributed by atoms with Gasteiger partial charge in [-0.15, -0.1) is 0 Å². The van der Waals surface area contributed by atoms with E-state index in [1.807, 2.05) is 30.3 Å². The predicted octanol–water partition coefficient (Wildman–Crippen LogP) is 6.55. The molecule has 1 heterocycles. The van der Waals surface area contributed by atoms with Gasteiger partial charge in [-0.3, -0.25) is 4.72 Å². The number of hydrogen-bond acceptors (Lipinski definition) is 4. The number of fused-ring (bicyclic) bond motifs is 1. The average molecular weight is 483 g/mol. The summed E-state index contributed by atoms with van der Waals surface area (Å²) in [5, 5.41) is 1.08. The van der Waals surface area contributed by atoms with Crippen molar-refractivity contribution in [3.05, 3.63) is 83.9 Å². The van der Waals surface area contributed by atoms with E-state index in [9.17, 15) is 13.2 Å². The lowest BCUT2D eigenvalue weighted by Gasteiger charge is -2.21. The van der Waals surface area contributed by atoms with Crippen LogP contribution >= 0.6 is 11.6 Å². The van der Waals surface area contributed by atoms with Crippen molar-refractivity contribution in [2.75, 3.05) is 4.72 Å². The first-order valence-electron chi connectivity index (χ1n) is 10.3. The second-order valence-corrected chi connectivity index (χ2v) is 10.6. The zero-order valence-corrected chi connectivity index (χ0v) is 19.9. The largest absolute Gasteiger partial charge is 0.443 e. The van der Waals surface area contributed by atoms with E-state index in [-0.39, 0.29) is 15.6 Å². The minimum Gasteiger partial charge on any atom is -0.443 e. The number of para-hydroxylation sites is 1. The van der Waals surface area contributed by atoms with Gasteiger partial charge in [0, 0.05) is 10.9 Å². The monoisotopic (exact) mass is 482 g/mol. The summed E-state index contributed by atoms with van der Waals surface area (Å²) in [5.41, 5.74) is 1.37. The molecule has 0 radical (unpaired) electrons. The fraction of sp³-hybridized carbons (Fsp3) is 0.160. The first-order valence-corrected chi connectivity index (χ1v) is 12.1. The van der Waals surface area contributed by atoms with Crippen LogP contribution in [0.2, 0.25) is 5.02 Å². The summed E-state index contributed by atoms with van der Waals surface area (Å²) in [7, 11) is -3.84. The lowest BCUT2D eigenvalue weighted by Crippen LogP contribution is -2.27. The van der Waals surface area contributed by atoms with E-state index < -0.39 is 21.7 Å². The Kier molecular flexibility index (Phi) is 5.95. The van der Waals surface area contributed by atoms with Crippen LogP contribution in [0.3, 0.4) is 0 Å². The number of rotatable bonds is 4. The highest BCUT2D eigenvalue weighted by atomic mass is 35.5. The topological polar surface area (TPSA) is 77.4 Å². The van der Waals surface area contributed by atoms with Crippen molar-refractivity contribution in [3.8, 4) is 11.3 Å². The molecule has 4 aromatic rings. The third-order valence-corrected chi connectivity index (χ3v) is 6.56. The van der Waals surface area contributed by atoms with Gasteiger partial charge in [-0.2, -0.15) is 0 Å². The van der Waals surface area contributed by atoms with Gasteiger partial charge < -0.3 is 4.74 Å². The van der Waals surface area contributed by atoms with Crippen LogP contribution < -0.4 is 4.72 Å². The molecule has 0 unspecified atom stereocenters. The Hall–Kier alpha value is -3.29. The standard InChI is InChI=1S/C25H23ClN2O4S/c1-25(2,3)32-24(29)28-22-12-8-7-9-17(22)16-23(28)18-13-14-20(26)21(15-18)27-33(30,31)19-10-5-4-6-11-19/h4-16,27H,1-3H3. The van der Waals surface area contributed by atoms with E-state index >= 15 is 0 Å². The number of aromatic nitrogens is 1. The third-order valence-electron chi connectivity index (χ3n) is 4.85. The molecular formula is C25H23ClN2O4S. The number of benzene rings is 3. The number of halogens is 1. The Labute approximate surface area is 197 Å². The molecule has 0 atom stereocenters. The van der Waals surface area contributed by atoms with Crippen LogP contribution in [0.4, 0.5) is 10.5 Å². The van der Waals surface area contributed by atoms with Crippen molar-refractivity contribution in [1.82, 2.24) is 4.57 Å². The summed E-state index contributed by atoms with van der Waals surface area (Å²) in [4.78, 5) is 13.2. The molecule has 1 aromatic heterocycles. The maximum absolute atomic E-state index is 13.1. The molecule has 0 aliphatic rings. The number of nitrogens with one attached hydrogen (secondary N) is 1. The van der Waals surface area contributed by atoms with Gasteiger partial charge in [-0.25, -0.2) is 17.8 Å². The summed E-state index contributed by atoms with van der Waals surface area (Å²) in [6.07, 6.45) is -0.528. The highest BCUT2D eigenvalue weighted by molar-refractivity contribution is 7.92. The van der Waals surface area contributed by atoms with Gasteiger partial charge in [-0.1, -0.05) is 54.1 Å². The average Bonchev–Trinajstić information content (AvgIpc) is 3.14. The molecule has 4 rings (SSSR count). The zero-order valence-electron chi connectivity index (χ0n) is 18.4. The number of hydrogen-bond donors (Lipinski definition) is 1. The lowest BCUT2D eigenvalue weighted by atomic mass is 10.1. The molecule has 0 spiro atoms. The van der Waals surface area contributed by atoms with Crippen LogP contribution in [0.1, 0.15) is 20.8 Å². The molecule has 3 aromatic carbocycles. The predicted molar refractivity (Wildman–Crippen MR) is 131 cm³/mol. The summed E-state index contributed by atoms with van der Waals surface area (Å²) in [6.45, 7) is 5.40. The number of sulfonamides is 1. The van der Waals surface area contributed by atoms with Crippen molar-refractivity contribution < 1.29 is 17.9 Å². The van der Waals surface area contributed by atoms with Gasteiger partial charge in [0.25, 0.3) is 10.0 Å². The maximum Gasteiger partial charge on any atom is 0.419 e. The van der Waals surface area contributed by atoms with Crippen molar-refractivity contribution >= 4 is 44.3 Å². The van der Waals surface area contributed by atoms with Gasteiger partial charge in [0.2, 0.25) is 0 Å². The number of ether oxygens (including phenoxy) is 1. The van der Waals surface area contributed by atoms with Gasteiger partial charge in [0.05, 0.1) is 26.8 Å². The Morgan fingerprint density at radius 2 is 1.61 bits per heavy atom. The van der Waals surface area contributed by atoms with Crippen LogP contribution in [-0.4, -0.2) is 24.7 Å². The fourth-order valence-electron chi connectivity index (χ4n) is 3.44. The summed E-state index contributed by atoms with van der Waals surface area (Å²) in [6, 6.07) is 22.3. The highest BCUT2D eigenvalue weighted by Gasteiger charge is 2.23. The third kappa shape index (κ3) is 4.89. The van der Waals surface area contributed by atoms with E-state index in [1.54, 1.807) is 57.2 Å². The van der Waals surface area contributed by atoms with Gasteiger partial charge in [0.1, 0.15) is 5.60 Å². The summed E-state index contributed by atoms with van der Waals surface area (Å²) >= 11 is 6.32. The summed E-state index contributed by atoms with van der Waals surface area (Å²) in [5.74, 6) is 0. The highest BCUT2D eigenvalue weighted by Crippen LogP contribution is 2.34. The molecule has 0 bridgehead atoms. The second-order valence-electron chi connectivity index (χ2n) is 8.52. The molecule has 0 fully saturated rings. The van der Waals surface area contributed by atoms with E-state index in [1.165, 1.54) is 16.7 Å². The first kappa shape index (κ1) is 22.9. The Morgan fingerprint density at radius 3 is 2.30 bits per heavy atom. The Morgan fingerprint density at radius 1 is 0.939 bits per heavy atom. The summed E-state index contributed by atoms with van der Waals surface area (Å²) < 4.78 is 35.3. The van der Waals surface area contributed by atoms with Crippen molar-refractivity contribution in [3.63, 3.8) is 0 Å². The molecule has 0 amide bonds. The van der Waals surface area contributed by atoms with Crippen LogP contribution in [-0.2, 0) is 14.8 Å². The molecule has 0 saturated heterocycles. The Balaban J connectivity index is 1.81. The fourth-order valence-corrected chi connectivity index (χ4v) is 4.75. The van der Waals surface area contributed by atoms with Crippen LogP contribution in [0.25, 0.3) is 22.2 Å². The van der Waals surface area contributed by atoms with E-state index in [0.29, 0.717) is 16.8 Å². The quantitative estimate of drug-likeness (QED) is 0.358. The van der Waals surface area contributed by atoms with Crippen molar-refractivity contribution in [1.29, 1.82) is 0 Å². The lowest BCUT2D eigenvalue weighted by molar-refractivity contribution is 0.0547. The van der Waals surface area contributed by atoms with Gasteiger partial charge in [0.15, 0.2) is 0 Å². The van der Waals surface area contributed by atoms with Gasteiger partial charge >= 0.3 is 6.09 Å². The van der Waals surface area contributed by atoms with Crippen LogP contribution in [0, 0.1) is 0 Å². The van der Waals surface area contributed by atoms with Gasteiger partial charge in [-0.05, 0) is 57.2 Å². The smallest absolute Gasteiger partial charge is 0.419 e. The first-order chi connectivity index (χ1) is 15.5. The number of carbonyl (C=O) groups excluding carboxylic acids is 1. The van der Waals surface area contributed by atoms with Crippen molar-refractivity contribution in [2.24, 2.45) is 0 Å². The molecule has 6 nitrogen and oxygen atoms in total. The maximum atomic E-state index is 13.1. The van der Waals surface area contributed by atoms with Crippen LogP contribution in [0.5, 0.6) is 0 Å². The minimum absolute atomic E-state index is 0.120.